The number of carbonyl (C=O) groups is 1. The van der Waals surface area contributed by atoms with Crippen molar-refractivity contribution in [1.82, 2.24) is 10.3 Å². The van der Waals surface area contributed by atoms with Gasteiger partial charge in [0, 0.05) is 6.04 Å². The summed E-state index contributed by atoms with van der Waals surface area (Å²) in [5.41, 5.74) is -0.642. The Hall–Kier alpha value is -2.07. The summed E-state index contributed by atoms with van der Waals surface area (Å²) in [6.07, 6.45) is 0.735. The highest BCUT2D eigenvalue weighted by Gasteiger charge is 2.27. The van der Waals surface area contributed by atoms with Crippen molar-refractivity contribution in [2.45, 2.75) is 72.1 Å². The maximum absolute atomic E-state index is 14.3. The minimum Gasteiger partial charge on any atom is -0.444 e. The number of nitrogens with one attached hydrogen (secondary N) is 2. The maximum Gasteiger partial charge on any atom is 0.407 e. The molecule has 0 spiro atoms. The fraction of sp³-hybridized carbons (Fsp3) is 0.632. The number of pyridine rings is 1. The fourth-order valence-electron chi connectivity index (χ4n) is 2.60. The molecule has 6 nitrogen and oxygen atoms in total. The highest BCUT2D eigenvalue weighted by molar-refractivity contribution is 6.30. The van der Waals surface area contributed by atoms with Crippen LogP contribution in [-0.4, -0.2) is 28.8 Å². The monoisotopic (exact) mass is 398 g/mol. The number of alkyl carbamates (subject to hydrolysis) is 1. The van der Waals surface area contributed by atoms with Gasteiger partial charge in [0.25, 0.3) is 0 Å². The van der Waals surface area contributed by atoms with Crippen molar-refractivity contribution in [1.29, 1.82) is 5.26 Å². The molecule has 1 amide bonds. The van der Waals surface area contributed by atoms with E-state index in [1.807, 2.05) is 20.8 Å². The lowest BCUT2D eigenvalue weighted by Crippen LogP contribution is -2.48. The molecule has 27 heavy (non-hydrogen) atoms. The van der Waals surface area contributed by atoms with E-state index in [0.29, 0.717) is 12.8 Å². The van der Waals surface area contributed by atoms with Gasteiger partial charge in [-0.3, -0.25) is 0 Å². The zero-order chi connectivity index (χ0) is 20.8. The maximum atomic E-state index is 14.3. The Kier molecular flexibility index (Phi) is 8.29. The molecule has 1 rings (SSSR count). The van der Waals surface area contributed by atoms with Crippen LogP contribution in [0, 0.1) is 23.1 Å². The molecule has 0 aliphatic carbocycles. The quantitative estimate of drug-likeness (QED) is 0.639. The number of nitriles is 1. The SMILES string of the molecule is CC[C@H](NC(=O)OC(C)(C)C)[C@@H](CC(C)C)Nc1nc(Cl)c(C#N)cc1F. The predicted octanol–water partition coefficient (Wildman–Crippen LogP) is 4.88. The van der Waals surface area contributed by atoms with E-state index in [2.05, 4.69) is 15.6 Å². The molecule has 0 radical (unpaired) electrons. The summed E-state index contributed by atoms with van der Waals surface area (Å²) >= 11 is 5.93. The number of amides is 1. The van der Waals surface area contributed by atoms with Crippen LogP contribution >= 0.6 is 11.6 Å². The number of hydrogen-bond donors (Lipinski definition) is 2. The summed E-state index contributed by atoms with van der Waals surface area (Å²) in [6, 6.07) is 2.24. The second-order valence-corrected chi connectivity index (χ2v) is 8.17. The molecule has 0 aliphatic rings. The zero-order valence-corrected chi connectivity index (χ0v) is 17.4. The number of nitrogens with zero attached hydrogens (tertiary/aromatic N) is 2. The lowest BCUT2D eigenvalue weighted by Gasteiger charge is -2.31. The smallest absolute Gasteiger partial charge is 0.407 e. The fourth-order valence-corrected chi connectivity index (χ4v) is 2.78. The van der Waals surface area contributed by atoms with Crippen LogP contribution in [0.15, 0.2) is 6.07 Å². The molecule has 1 aromatic rings. The molecule has 8 heteroatoms. The standard InChI is InChI=1S/C19H28ClFN4O2/c1-7-14(24-18(26)27-19(4,5)6)15(8-11(2)3)23-17-13(21)9-12(10-22)16(20)25-17/h9,11,14-15H,7-8H2,1-6H3,(H,23,25)(H,24,26)/t14-,15+/m0/s1. The van der Waals surface area contributed by atoms with Crippen molar-refractivity contribution >= 4 is 23.5 Å². The predicted molar refractivity (Wildman–Crippen MR) is 104 cm³/mol. The van der Waals surface area contributed by atoms with Gasteiger partial charge in [-0.25, -0.2) is 14.2 Å². The first-order valence-corrected chi connectivity index (χ1v) is 9.36. The molecule has 150 valence electrons. The number of anilines is 1. The van der Waals surface area contributed by atoms with Crippen LogP contribution in [-0.2, 0) is 4.74 Å². The second-order valence-electron chi connectivity index (χ2n) is 7.81. The van der Waals surface area contributed by atoms with E-state index < -0.39 is 17.5 Å². The van der Waals surface area contributed by atoms with Crippen LogP contribution in [0.25, 0.3) is 0 Å². The number of carbonyl (C=O) groups excluding carboxylic acids is 1. The van der Waals surface area contributed by atoms with Crippen molar-refractivity contribution in [2.24, 2.45) is 5.92 Å². The van der Waals surface area contributed by atoms with Gasteiger partial charge in [-0.1, -0.05) is 32.4 Å². The minimum absolute atomic E-state index is 0.0287. The third-order valence-corrected chi connectivity index (χ3v) is 4.01. The first-order valence-electron chi connectivity index (χ1n) is 8.99. The van der Waals surface area contributed by atoms with Gasteiger partial charge in [-0.05, 0) is 45.6 Å². The lowest BCUT2D eigenvalue weighted by molar-refractivity contribution is 0.0495. The van der Waals surface area contributed by atoms with Gasteiger partial charge in [0.1, 0.15) is 16.8 Å². The van der Waals surface area contributed by atoms with Gasteiger partial charge in [-0.2, -0.15) is 5.26 Å². The normalized spacial score (nSPS) is 13.6. The highest BCUT2D eigenvalue weighted by Crippen LogP contribution is 2.23. The third kappa shape index (κ3) is 7.59. The average molecular weight is 399 g/mol. The van der Waals surface area contributed by atoms with Crippen LogP contribution in [0.1, 0.15) is 59.9 Å². The number of ether oxygens (including phenoxy) is 1. The number of halogens is 2. The average Bonchev–Trinajstić information content (AvgIpc) is 2.52. The molecule has 0 bridgehead atoms. The Bertz CT molecular complexity index is 698. The van der Waals surface area contributed by atoms with Crippen molar-refractivity contribution in [3.05, 3.63) is 22.6 Å². The van der Waals surface area contributed by atoms with Crippen LogP contribution in [0.2, 0.25) is 5.15 Å². The van der Waals surface area contributed by atoms with E-state index in [4.69, 9.17) is 21.6 Å². The zero-order valence-electron chi connectivity index (χ0n) is 16.7. The first kappa shape index (κ1) is 23.0. The van der Waals surface area contributed by atoms with Gasteiger partial charge >= 0.3 is 6.09 Å². The van der Waals surface area contributed by atoms with E-state index in [1.54, 1.807) is 26.8 Å². The summed E-state index contributed by atoms with van der Waals surface area (Å²) in [4.78, 5) is 16.1. The van der Waals surface area contributed by atoms with E-state index in [1.165, 1.54) is 0 Å². The van der Waals surface area contributed by atoms with E-state index in [0.717, 1.165) is 6.07 Å². The Morgan fingerprint density at radius 2 is 2.04 bits per heavy atom. The van der Waals surface area contributed by atoms with Gasteiger partial charge in [0.15, 0.2) is 11.6 Å². The molecule has 0 fully saturated rings. The topological polar surface area (TPSA) is 87.0 Å². The first-order chi connectivity index (χ1) is 12.5. The van der Waals surface area contributed by atoms with Crippen LogP contribution < -0.4 is 10.6 Å². The van der Waals surface area contributed by atoms with Crippen LogP contribution in [0.5, 0.6) is 0 Å². The molecular formula is C19H28ClFN4O2. The third-order valence-electron chi connectivity index (χ3n) is 3.73. The van der Waals surface area contributed by atoms with E-state index >= 15 is 0 Å². The summed E-state index contributed by atoms with van der Waals surface area (Å²) < 4.78 is 19.6. The molecule has 2 N–H and O–H groups in total. The summed E-state index contributed by atoms with van der Waals surface area (Å²) in [5.74, 6) is -0.431. The Labute approximate surface area is 165 Å². The molecule has 0 aliphatic heterocycles. The molecule has 0 saturated heterocycles. The van der Waals surface area contributed by atoms with Crippen molar-refractivity contribution in [2.75, 3.05) is 5.32 Å². The van der Waals surface area contributed by atoms with Crippen molar-refractivity contribution in [3.63, 3.8) is 0 Å². The highest BCUT2D eigenvalue weighted by atomic mass is 35.5. The summed E-state index contributed by atoms with van der Waals surface area (Å²) in [7, 11) is 0. The van der Waals surface area contributed by atoms with E-state index in [9.17, 15) is 9.18 Å². The summed E-state index contributed by atoms with van der Waals surface area (Å²) in [6.45, 7) is 11.3. The molecule has 0 saturated carbocycles. The molecule has 1 heterocycles. The second kappa shape index (κ2) is 9.75. The van der Waals surface area contributed by atoms with Gasteiger partial charge < -0.3 is 15.4 Å². The van der Waals surface area contributed by atoms with Crippen LogP contribution in [0.3, 0.4) is 0 Å². The van der Waals surface area contributed by atoms with Gasteiger partial charge in [0.05, 0.1) is 11.6 Å². The van der Waals surface area contributed by atoms with Crippen LogP contribution in [0.4, 0.5) is 15.0 Å². The Balaban J connectivity index is 3.05. The molecule has 2 atom stereocenters. The lowest BCUT2D eigenvalue weighted by atomic mass is 9.95. The molecule has 0 unspecified atom stereocenters. The number of rotatable bonds is 7. The van der Waals surface area contributed by atoms with Gasteiger partial charge in [0.2, 0.25) is 0 Å². The van der Waals surface area contributed by atoms with Crippen molar-refractivity contribution in [3.8, 4) is 6.07 Å². The van der Waals surface area contributed by atoms with E-state index in [-0.39, 0.29) is 34.5 Å². The Morgan fingerprint density at radius 3 is 2.52 bits per heavy atom. The number of aromatic nitrogens is 1. The van der Waals surface area contributed by atoms with Gasteiger partial charge in [-0.15, -0.1) is 0 Å². The largest absolute Gasteiger partial charge is 0.444 e. The molecule has 0 aromatic carbocycles. The Morgan fingerprint density at radius 1 is 1.41 bits per heavy atom. The summed E-state index contributed by atoms with van der Waals surface area (Å²) in [5, 5.41) is 14.7. The number of hydrogen-bond acceptors (Lipinski definition) is 5. The minimum atomic E-state index is -0.670. The van der Waals surface area contributed by atoms with Crippen molar-refractivity contribution < 1.29 is 13.9 Å². The molecular weight excluding hydrogens is 371 g/mol. The molecule has 1 aromatic heterocycles.